The summed E-state index contributed by atoms with van der Waals surface area (Å²) >= 11 is 0. The molecular formula is C19H25NO. The Morgan fingerprint density at radius 1 is 1.48 bits per heavy atom. The average molecular weight is 283 g/mol. The van der Waals surface area contributed by atoms with Gasteiger partial charge in [-0.15, -0.1) is 12.3 Å². The van der Waals surface area contributed by atoms with Crippen LogP contribution in [0.5, 0.6) is 0 Å². The maximum atomic E-state index is 12.1. The molecule has 0 saturated heterocycles. The van der Waals surface area contributed by atoms with Crippen molar-refractivity contribution in [2.45, 2.75) is 40.0 Å². The molecule has 0 heterocycles. The third-order valence-corrected chi connectivity index (χ3v) is 3.58. The van der Waals surface area contributed by atoms with Gasteiger partial charge in [0.25, 0.3) is 5.91 Å². The Morgan fingerprint density at radius 3 is 2.76 bits per heavy atom. The minimum absolute atomic E-state index is 0.0184. The van der Waals surface area contributed by atoms with Crippen molar-refractivity contribution in [3.8, 4) is 12.3 Å². The lowest BCUT2D eigenvalue weighted by molar-refractivity contribution is 0.0947. The summed E-state index contributed by atoms with van der Waals surface area (Å²) in [5, 5.41) is 2.99. The highest BCUT2D eigenvalue weighted by Crippen LogP contribution is 2.21. The molecule has 0 bridgehead atoms. The average Bonchev–Trinajstić information content (AvgIpc) is 2.45. The molecular weight excluding hydrogens is 258 g/mol. The van der Waals surface area contributed by atoms with E-state index in [0.717, 1.165) is 36.1 Å². The number of benzene rings is 1. The Hall–Kier alpha value is -2.01. The second kappa shape index (κ2) is 8.32. The smallest absolute Gasteiger partial charge is 0.251 e. The molecule has 0 spiro atoms. The fourth-order valence-corrected chi connectivity index (χ4v) is 2.38. The molecule has 1 amide bonds. The van der Waals surface area contributed by atoms with Gasteiger partial charge in [0, 0.05) is 18.5 Å². The predicted molar refractivity (Wildman–Crippen MR) is 90.1 cm³/mol. The molecule has 1 aromatic carbocycles. The van der Waals surface area contributed by atoms with Gasteiger partial charge in [-0.25, -0.2) is 0 Å². The SMILES string of the molecule is C#CCC(=C)c1ccc(C(=O)NCC(C)CCC)cc1C. The summed E-state index contributed by atoms with van der Waals surface area (Å²) in [6.07, 6.45) is 8.11. The van der Waals surface area contributed by atoms with Gasteiger partial charge in [0.1, 0.15) is 0 Å². The van der Waals surface area contributed by atoms with Gasteiger partial charge in [0.05, 0.1) is 0 Å². The number of nitrogens with one attached hydrogen (secondary N) is 1. The normalized spacial score (nSPS) is 11.5. The number of amides is 1. The van der Waals surface area contributed by atoms with Gasteiger partial charge < -0.3 is 5.32 Å². The predicted octanol–water partition coefficient (Wildman–Crippen LogP) is 4.20. The molecule has 112 valence electrons. The summed E-state index contributed by atoms with van der Waals surface area (Å²) in [4.78, 5) is 12.1. The van der Waals surface area contributed by atoms with Crippen LogP contribution in [0.3, 0.4) is 0 Å². The molecule has 1 atom stereocenters. The summed E-state index contributed by atoms with van der Waals surface area (Å²) in [5.41, 5.74) is 3.67. The Kier molecular flexibility index (Phi) is 6.75. The molecule has 0 fully saturated rings. The maximum Gasteiger partial charge on any atom is 0.251 e. The Balaban J connectivity index is 2.73. The first kappa shape index (κ1) is 17.0. The quantitative estimate of drug-likeness (QED) is 0.747. The second-order valence-electron chi connectivity index (χ2n) is 5.62. The molecule has 0 aliphatic carbocycles. The zero-order valence-electron chi connectivity index (χ0n) is 13.3. The van der Waals surface area contributed by atoms with Crippen LogP contribution < -0.4 is 5.32 Å². The molecule has 2 nitrogen and oxygen atoms in total. The van der Waals surface area contributed by atoms with Crippen molar-refractivity contribution in [1.82, 2.24) is 5.32 Å². The summed E-state index contributed by atoms with van der Waals surface area (Å²) in [6.45, 7) is 11.0. The zero-order chi connectivity index (χ0) is 15.8. The van der Waals surface area contributed by atoms with Gasteiger partial charge in [0.15, 0.2) is 0 Å². The van der Waals surface area contributed by atoms with Crippen LogP contribution in [-0.4, -0.2) is 12.5 Å². The van der Waals surface area contributed by atoms with Crippen molar-refractivity contribution in [2.75, 3.05) is 6.54 Å². The van der Waals surface area contributed by atoms with Gasteiger partial charge in [-0.1, -0.05) is 32.9 Å². The van der Waals surface area contributed by atoms with Crippen LogP contribution in [0.25, 0.3) is 5.57 Å². The Labute approximate surface area is 128 Å². The number of hydrogen-bond acceptors (Lipinski definition) is 1. The fourth-order valence-electron chi connectivity index (χ4n) is 2.38. The lowest BCUT2D eigenvalue weighted by Crippen LogP contribution is -2.28. The molecule has 0 aromatic heterocycles. The van der Waals surface area contributed by atoms with E-state index in [9.17, 15) is 4.79 Å². The van der Waals surface area contributed by atoms with Crippen LogP contribution in [0.1, 0.15) is 54.6 Å². The van der Waals surface area contributed by atoms with E-state index < -0.39 is 0 Å². The topological polar surface area (TPSA) is 29.1 Å². The Morgan fingerprint density at radius 2 is 2.19 bits per heavy atom. The number of allylic oxidation sites excluding steroid dienone is 1. The van der Waals surface area contributed by atoms with E-state index in [0.29, 0.717) is 17.9 Å². The van der Waals surface area contributed by atoms with Crippen molar-refractivity contribution < 1.29 is 4.79 Å². The molecule has 0 aliphatic heterocycles. The summed E-state index contributed by atoms with van der Waals surface area (Å²) in [5.74, 6) is 3.09. The van der Waals surface area contributed by atoms with E-state index in [4.69, 9.17) is 6.42 Å². The number of carbonyl (C=O) groups excluding carboxylic acids is 1. The first-order chi connectivity index (χ1) is 9.99. The van der Waals surface area contributed by atoms with Crippen molar-refractivity contribution >= 4 is 11.5 Å². The van der Waals surface area contributed by atoms with Crippen molar-refractivity contribution in [3.63, 3.8) is 0 Å². The maximum absolute atomic E-state index is 12.1. The highest BCUT2D eigenvalue weighted by atomic mass is 16.1. The van der Waals surface area contributed by atoms with E-state index in [2.05, 4.69) is 31.7 Å². The van der Waals surface area contributed by atoms with Crippen LogP contribution in [0.2, 0.25) is 0 Å². The summed E-state index contributed by atoms with van der Waals surface area (Å²) in [6, 6.07) is 5.67. The highest BCUT2D eigenvalue weighted by Gasteiger charge is 2.10. The van der Waals surface area contributed by atoms with Crippen molar-refractivity contribution in [2.24, 2.45) is 5.92 Å². The van der Waals surface area contributed by atoms with E-state index in [-0.39, 0.29) is 5.91 Å². The van der Waals surface area contributed by atoms with E-state index >= 15 is 0 Å². The third kappa shape index (κ3) is 5.11. The molecule has 0 aliphatic rings. The fraction of sp³-hybridized carbons (Fsp3) is 0.421. The van der Waals surface area contributed by atoms with Gasteiger partial charge in [0.2, 0.25) is 0 Å². The van der Waals surface area contributed by atoms with E-state index in [1.54, 1.807) is 0 Å². The lowest BCUT2D eigenvalue weighted by Gasteiger charge is -2.13. The zero-order valence-corrected chi connectivity index (χ0v) is 13.3. The van der Waals surface area contributed by atoms with Crippen LogP contribution in [0, 0.1) is 25.2 Å². The van der Waals surface area contributed by atoms with Crippen LogP contribution in [0.15, 0.2) is 24.8 Å². The van der Waals surface area contributed by atoms with E-state index in [1.165, 1.54) is 0 Å². The second-order valence-corrected chi connectivity index (χ2v) is 5.62. The first-order valence-electron chi connectivity index (χ1n) is 7.50. The Bertz CT molecular complexity index is 551. The number of carbonyl (C=O) groups is 1. The van der Waals surface area contributed by atoms with Gasteiger partial charge in [-0.3, -0.25) is 4.79 Å². The standard InChI is InChI=1S/C19H25NO/c1-6-8-14(3)13-20-19(21)17-10-11-18(16(5)12-17)15(4)9-7-2/h2,10-12,14H,4,6,8-9,13H2,1,3,5H3,(H,20,21). The molecule has 1 aromatic rings. The number of terminal acetylenes is 1. The minimum atomic E-state index is -0.0184. The largest absolute Gasteiger partial charge is 0.352 e. The van der Waals surface area contributed by atoms with Crippen LogP contribution in [0.4, 0.5) is 0 Å². The molecule has 0 saturated carbocycles. The first-order valence-corrected chi connectivity index (χ1v) is 7.50. The number of hydrogen-bond donors (Lipinski definition) is 1. The van der Waals surface area contributed by atoms with Gasteiger partial charge in [-0.05, 0) is 48.1 Å². The monoisotopic (exact) mass is 283 g/mol. The van der Waals surface area contributed by atoms with Crippen LogP contribution in [-0.2, 0) is 0 Å². The van der Waals surface area contributed by atoms with Gasteiger partial charge in [-0.2, -0.15) is 0 Å². The molecule has 1 N–H and O–H groups in total. The molecule has 21 heavy (non-hydrogen) atoms. The lowest BCUT2D eigenvalue weighted by atomic mass is 9.97. The third-order valence-electron chi connectivity index (χ3n) is 3.58. The van der Waals surface area contributed by atoms with E-state index in [1.807, 2.05) is 25.1 Å². The van der Waals surface area contributed by atoms with Crippen molar-refractivity contribution in [3.05, 3.63) is 41.5 Å². The van der Waals surface area contributed by atoms with Gasteiger partial charge >= 0.3 is 0 Å². The highest BCUT2D eigenvalue weighted by molar-refractivity contribution is 5.94. The summed E-state index contributed by atoms with van der Waals surface area (Å²) < 4.78 is 0. The molecule has 0 radical (unpaired) electrons. The minimum Gasteiger partial charge on any atom is -0.352 e. The molecule has 2 heteroatoms. The number of aryl methyl sites for hydroxylation is 1. The van der Waals surface area contributed by atoms with Crippen molar-refractivity contribution in [1.29, 1.82) is 0 Å². The molecule has 1 rings (SSSR count). The molecule has 1 unspecified atom stereocenters. The van der Waals surface area contributed by atoms with Crippen LogP contribution >= 0.6 is 0 Å². The summed E-state index contributed by atoms with van der Waals surface area (Å²) in [7, 11) is 0. The number of rotatable bonds is 7.